The molecule has 3 rings (SSSR count). The lowest BCUT2D eigenvalue weighted by molar-refractivity contribution is -0.142. The zero-order chi connectivity index (χ0) is 15.5. The highest BCUT2D eigenvalue weighted by atomic mass is 32.1. The van der Waals surface area contributed by atoms with Crippen LogP contribution in [0.3, 0.4) is 0 Å². The van der Waals surface area contributed by atoms with E-state index in [4.69, 9.17) is 4.74 Å². The first kappa shape index (κ1) is 15.2. The van der Waals surface area contributed by atoms with Crippen LogP contribution in [0, 0.1) is 0 Å². The first-order chi connectivity index (χ1) is 10.6. The average molecular weight is 320 g/mol. The Morgan fingerprint density at radius 3 is 2.95 bits per heavy atom. The summed E-state index contributed by atoms with van der Waals surface area (Å²) >= 11 is 1.58. The van der Waals surface area contributed by atoms with Crippen molar-refractivity contribution in [2.75, 3.05) is 25.0 Å². The molecule has 3 heterocycles. The molecule has 0 spiro atoms. The number of morpholine rings is 1. The molecular weight excluding hydrogens is 300 g/mol. The van der Waals surface area contributed by atoms with Crippen LogP contribution in [0.1, 0.15) is 20.3 Å². The fraction of sp³-hybridized carbons (Fsp3) is 0.533. The molecule has 2 aromatic heterocycles. The first-order valence-corrected chi connectivity index (χ1v) is 8.36. The highest BCUT2D eigenvalue weighted by Crippen LogP contribution is 2.23. The molecule has 1 N–H and O–H groups in total. The van der Waals surface area contributed by atoms with Gasteiger partial charge in [0.2, 0.25) is 5.91 Å². The SMILES string of the molecule is C[C@H]1CN(C(=O)CCNc2ncnc3sccc23)C[C@H](C)O1. The molecule has 0 aromatic carbocycles. The topological polar surface area (TPSA) is 67.4 Å². The maximum Gasteiger partial charge on any atom is 0.224 e. The van der Waals surface area contributed by atoms with Crippen molar-refractivity contribution in [3.8, 4) is 0 Å². The number of fused-ring (bicyclic) bond motifs is 1. The maximum absolute atomic E-state index is 12.3. The summed E-state index contributed by atoms with van der Waals surface area (Å²) in [6, 6.07) is 2.00. The molecule has 1 amide bonds. The third-order valence-electron chi connectivity index (χ3n) is 3.67. The van der Waals surface area contributed by atoms with E-state index in [1.54, 1.807) is 17.7 Å². The highest BCUT2D eigenvalue weighted by Gasteiger charge is 2.25. The number of nitrogens with one attached hydrogen (secondary N) is 1. The molecule has 0 aliphatic carbocycles. The number of ether oxygens (including phenoxy) is 1. The fourth-order valence-corrected chi connectivity index (χ4v) is 3.49. The molecular formula is C15H20N4O2S. The van der Waals surface area contributed by atoms with Crippen molar-refractivity contribution in [3.63, 3.8) is 0 Å². The van der Waals surface area contributed by atoms with Crippen LogP contribution in [0.25, 0.3) is 10.2 Å². The van der Waals surface area contributed by atoms with E-state index in [1.807, 2.05) is 30.2 Å². The summed E-state index contributed by atoms with van der Waals surface area (Å²) in [6.07, 6.45) is 2.21. The molecule has 0 bridgehead atoms. The van der Waals surface area contributed by atoms with Gasteiger partial charge in [-0.15, -0.1) is 11.3 Å². The van der Waals surface area contributed by atoms with Crippen LogP contribution < -0.4 is 5.32 Å². The molecule has 118 valence electrons. The van der Waals surface area contributed by atoms with Gasteiger partial charge in [-0.05, 0) is 25.3 Å². The Kier molecular flexibility index (Phi) is 4.54. The van der Waals surface area contributed by atoms with E-state index in [0.717, 1.165) is 16.0 Å². The van der Waals surface area contributed by atoms with Crippen molar-refractivity contribution in [2.24, 2.45) is 0 Å². The number of hydrogen-bond acceptors (Lipinski definition) is 6. The Hall–Kier alpha value is -1.73. The van der Waals surface area contributed by atoms with Crippen molar-refractivity contribution in [1.82, 2.24) is 14.9 Å². The van der Waals surface area contributed by atoms with E-state index < -0.39 is 0 Å². The molecule has 2 aromatic rings. The molecule has 0 unspecified atom stereocenters. The molecule has 1 aliphatic rings. The van der Waals surface area contributed by atoms with Gasteiger partial charge in [0.05, 0.1) is 17.6 Å². The normalized spacial score (nSPS) is 22.0. The number of thiophene rings is 1. The summed E-state index contributed by atoms with van der Waals surface area (Å²) in [4.78, 5) is 23.6. The maximum atomic E-state index is 12.3. The minimum Gasteiger partial charge on any atom is -0.372 e. The Balaban J connectivity index is 1.54. The lowest BCUT2D eigenvalue weighted by Crippen LogP contribution is -2.48. The Labute approximate surface area is 133 Å². The summed E-state index contributed by atoms with van der Waals surface area (Å²) < 4.78 is 5.65. The smallest absolute Gasteiger partial charge is 0.224 e. The van der Waals surface area contributed by atoms with Gasteiger partial charge >= 0.3 is 0 Å². The molecule has 1 saturated heterocycles. The molecule has 7 heteroatoms. The standard InChI is InChI=1S/C15H20N4O2S/c1-10-7-19(8-11(2)21-10)13(20)3-5-16-14-12-4-6-22-15(12)18-9-17-14/h4,6,9-11H,3,5,7-8H2,1-2H3,(H,16,17,18)/t10-,11-/m0/s1. The van der Waals surface area contributed by atoms with Crippen molar-refractivity contribution >= 4 is 33.3 Å². The van der Waals surface area contributed by atoms with Gasteiger partial charge in [0.1, 0.15) is 17.0 Å². The van der Waals surface area contributed by atoms with E-state index in [9.17, 15) is 4.79 Å². The van der Waals surface area contributed by atoms with Crippen LogP contribution in [-0.4, -0.2) is 52.6 Å². The van der Waals surface area contributed by atoms with Crippen LogP contribution >= 0.6 is 11.3 Å². The number of hydrogen-bond donors (Lipinski definition) is 1. The number of nitrogens with zero attached hydrogens (tertiary/aromatic N) is 3. The predicted molar refractivity (Wildman–Crippen MR) is 87.1 cm³/mol. The zero-order valence-corrected chi connectivity index (χ0v) is 13.6. The summed E-state index contributed by atoms with van der Waals surface area (Å²) in [5.41, 5.74) is 0. The van der Waals surface area contributed by atoms with Gasteiger partial charge < -0.3 is 15.0 Å². The molecule has 6 nitrogen and oxygen atoms in total. The summed E-state index contributed by atoms with van der Waals surface area (Å²) in [7, 11) is 0. The number of amides is 1. The molecule has 22 heavy (non-hydrogen) atoms. The van der Waals surface area contributed by atoms with Crippen LogP contribution in [0.5, 0.6) is 0 Å². The van der Waals surface area contributed by atoms with Gasteiger partial charge in [-0.25, -0.2) is 9.97 Å². The van der Waals surface area contributed by atoms with Crippen molar-refractivity contribution in [2.45, 2.75) is 32.5 Å². The third kappa shape index (κ3) is 3.36. The van der Waals surface area contributed by atoms with Crippen LogP contribution in [0.2, 0.25) is 0 Å². The second-order valence-corrected chi connectivity index (χ2v) is 6.49. The average Bonchev–Trinajstić information content (AvgIpc) is 2.95. The van der Waals surface area contributed by atoms with Crippen molar-refractivity contribution < 1.29 is 9.53 Å². The van der Waals surface area contributed by atoms with Crippen LogP contribution in [0.4, 0.5) is 5.82 Å². The fourth-order valence-electron chi connectivity index (χ4n) is 2.76. The lowest BCUT2D eigenvalue weighted by Gasteiger charge is -2.35. The van der Waals surface area contributed by atoms with Gasteiger partial charge in [-0.2, -0.15) is 0 Å². The number of carbonyl (C=O) groups is 1. The van der Waals surface area contributed by atoms with Crippen molar-refractivity contribution in [1.29, 1.82) is 0 Å². The quantitative estimate of drug-likeness (QED) is 0.935. The number of carbonyl (C=O) groups excluding carboxylic acids is 1. The number of anilines is 1. The minimum absolute atomic E-state index is 0.105. The monoisotopic (exact) mass is 320 g/mol. The first-order valence-electron chi connectivity index (χ1n) is 7.49. The van der Waals surface area contributed by atoms with Gasteiger partial charge in [0.15, 0.2) is 0 Å². The van der Waals surface area contributed by atoms with E-state index in [2.05, 4.69) is 15.3 Å². The molecule has 1 aliphatic heterocycles. The van der Waals surface area contributed by atoms with E-state index in [0.29, 0.717) is 26.1 Å². The van der Waals surface area contributed by atoms with Crippen molar-refractivity contribution in [3.05, 3.63) is 17.8 Å². The van der Waals surface area contributed by atoms with Crippen LogP contribution in [-0.2, 0) is 9.53 Å². The predicted octanol–water partition coefficient (Wildman–Crippen LogP) is 2.13. The minimum atomic E-state index is 0.105. The van der Waals surface area contributed by atoms with E-state index in [-0.39, 0.29) is 18.1 Å². The third-order valence-corrected chi connectivity index (χ3v) is 4.49. The van der Waals surface area contributed by atoms with E-state index >= 15 is 0 Å². The van der Waals surface area contributed by atoms with Gasteiger partial charge in [0, 0.05) is 26.1 Å². The number of rotatable bonds is 4. The van der Waals surface area contributed by atoms with Crippen LogP contribution in [0.15, 0.2) is 17.8 Å². The van der Waals surface area contributed by atoms with Gasteiger partial charge in [0.25, 0.3) is 0 Å². The summed E-state index contributed by atoms with van der Waals surface area (Å²) in [5, 5.41) is 6.24. The second-order valence-electron chi connectivity index (χ2n) is 5.59. The Morgan fingerprint density at radius 2 is 2.18 bits per heavy atom. The Bertz CT molecular complexity index is 650. The highest BCUT2D eigenvalue weighted by molar-refractivity contribution is 7.16. The second kappa shape index (κ2) is 6.58. The van der Waals surface area contributed by atoms with Gasteiger partial charge in [-0.3, -0.25) is 4.79 Å². The molecule has 0 radical (unpaired) electrons. The largest absolute Gasteiger partial charge is 0.372 e. The molecule has 1 fully saturated rings. The summed E-state index contributed by atoms with van der Waals surface area (Å²) in [6.45, 7) is 5.92. The number of aromatic nitrogens is 2. The zero-order valence-electron chi connectivity index (χ0n) is 12.8. The summed E-state index contributed by atoms with van der Waals surface area (Å²) in [5.74, 6) is 0.952. The Morgan fingerprint density at radius 1 is 1.41 bits per heavy atom. The van der Waals surface area contributed by atoms with Gasteiger partial charge in [-0.1, -0.05) is 0 Å². The molecule has 2 atom stereocenters. The molecule has 0 saturated carbocycles. The lowest BCUT2D eigenvalue weighted by atomic mass is 10.2. The van der Waals surface area contributed by atoms with E-state index in [1.165, 1.54) is 0 Å².